The van der Waals surface area contributed by atoms with Crippen LogP contribution in [-0.2, 0) is 4.74 Å². The van der Waals surface area contributed by atoms with Gasteiger partial charge >= 0.3 is 0 Å². The van der Waals surface area contributed by atoms with E-state index in [1.54, 1.807) is 0 Å². The van der Waals surface area contributed by atoms with E-state index >= 15 is 0 Å². The lowest BCUT2D eigenvalue weighted by atomic mass is 9.45. The highest BCUT2D eigenvalue weighted by atomic mass is 16.5. The van der Waals surface area contributed by atoms with Gasteiger partial charge in [-0.2, -0.15) is 0 Å². The summed E-state index contributed by atoms with van der Waals surface area (Å²) in [7, 11) is 2.03. The zero-order valence-corrected chi connectivity index (χ0v) is 20.8. The molecule has 0 aromatic rings. The van der Waals surface area contributed by atoms with Crippen molar-refractivity contribution in [2.75, 3.05) is 7.11 Å². The van der Waals surface area contributed by atoms with Gasteiger partial charge in [0.15, 0.2) is 0 Å². The molecule has 10 atom stereocenters. The van der Waals surface area contributed by atoms with Crippen LogP contribution in [0, 0.1) is 57.7 Å². The zero-order chi connectivity index (χ0) is 21.3. The summed E-state index contributed by atoms with van der Waals surface area (Å²) in [6.07, 6.45) is 19.9. The van der Waals surface area contributed by atoms with E-state index in [1.165, 1.54) is 64.2 Å². The lowest BCUT2D eigenvalue weighted by Gasteiger charge is -2.61. The number of methoxy groups -OCH3 is 1. The lowest BCUT2D eigenvalue weighted by molar-refractivity contribution is -0.161. The smallest absolute Gasteiger partial charge is 0.0638 e. The van der Waals surface area contributed by atoms with Crippen molar-refractivity contribution in [3.63, 3.8) is 0 Å². The Balaban J connectivity index is 1.33. The van der Waals surface area contributed by atoms with Crippen LogP contribution in [0.2, 0.25) is 0 Å². The predicted octanol–water partition coefficient (Wildman–Crippen LogP) is 7.90. The van der Waals surface area contributed by atoms with E-state index in [0.717, 1.165) is 35.5 Å². The fraction of sp³-hybridized carbons (Fsp3) is 0.931. The van der Waals surface area contributed by atoms with Crippen LogP contribution < -0.4 is 0 Å². The minimum atomic E-state index is 0.552. The molecule has 30 heavy (non-hydrogen) atoms. The highest BCUT2D eigenvalue weighted by molar-refractivity contribution is 5.26. The van der Waals surface area contributed by atoms with Crippen molar-refractivity contribution in [2.24, 2.45) is 57.7 Å². The molecule has 5 fully saturated rings. The van der Waals surface area contributed by atoms with E-state index in [1.807, 2.05) is 7.11 Å². The van der Waals surface area contributed by atoms with E-state index in [0.29, 0.717) is 28.3 Å². The first-order chi connectivity index (χ1) is 14.3. The summed E-state index contributed by atoms with van der Waals surface area (Å²) in [5, 5.41) is 0. The monoisotopic (exact) mass is 412 g/mol. The van der Waals surface area contributed by atoms with Gasteiger partial charge in [0.2, 0.25) is 0 Å². The first kappa shape index (κ1) is 21.5. The molecule has 0 aliphatic heterocycles. The molecule has 0 unspecified atom stereocenters. The molecule has 0 N–H and O–H groups in total. The Morgan fingerprint density at radius 3 is 2.50 bits per heavy atom. The van der Waals surface area contributed by atoms with Crippen LogP contribution in [0.1, 0.15) is 98.8 Å². The lowest BCUT2D eigenvalue weighted by Crippen LogP contribution is -2.57. The van der Waals surface area contributed by atoms with Gasteiger partial charge in [0.1, 0.15) is 0 Å². The van der Waals surface area contributed by atoms with Crippen molar-refractivity contribution >= 4 is 0 Å². The molecule has 170 valence electrons. The number of hydrogen-bond acceptors (Lipinski definition) is 1. The Kier molecular flexibility index (Phi) is 5.28. The summed E-state index contributed by atoms with van der Waals surface area (Å²) in [6, 6.07) is 0. The summed E-state index contributed by atoms with van der Waals surface area (Å²) in [4.78, 5) is 0. The number of hydrogen-bond donors (Lipinski definition) is 0. The molecule has 5 rings (SSSR count). The zero-order valence-electron chi connectivity index (χ0n) is 20.8. The minimum absolute atomic E-state index is 0.552. The van der Waals surface area contributed by atoms with Gasteiger partial charge < -0.3 is 4.74 Å². The van der Waals surface area contributed by atoms with Gasteiger partial charge in [0.05, 0.1) is 6.10 Å². The minimum Gasteiger partial charge on any atom is -0.381 e. The second-order valence-electron chi connectivity index (χ2n) is 13.2. The Labute approximate surface area is 186 Å². The molecule has 0 saturated heterocycles. The number of allylic oxidation sites excluding steroid dienone is 2. The average Bonchev–Trinajstić information content (AvgIpc) is 3.21. The van der Waals surface area contributed by atoms with E-state index in [2.05, 4.69) is 46.8 Å². The topological polar surface area (TPSA) is 9.23 Å². The van der Waals surface area contributed by atoms with Gasteiger partial charge in [-0.25, -0.2) is 0 Å². The number of fused-ring (bicyclic) bond motifs is 4. The predicted molar refractivity (Wildman–Crippen MR) is 126 cm³/mol. The van der Waals surface area contributed by atoms with Crippen molar-refractivity contribution in [1.82, 2.24) is 0 Å². The molecule has 1 heteroatoms. The Morgan fingerprint density at radius 1 is 1.00 bits per heavy atom. The fourth-order valence-corrected chi connectivity index (χ4v) is 10.5. The van der Waals surface area contributed by atoms with Gasteiger partial charge in [-0.15, -0.1) is 0 Å². The van der Waals surface area contributed by atoms with E-state index in [9.17, 15) is 0 Å². The van der Waals surface area contributed by atoms with Crippen LogP contribution in [0.3, 0.4) is 0 Å². The standard InChI is InChI=1S/C29H48O/c1-19(2)9-7-8-10-20(3)23-11-12-24-22-17-26(30-6)29-18-21(29)13-16-28(29,5)25(22)14-15-27(23,24)4/h7,9,19-26H,8,10-18H2,1-6H3/b9-7+/t20-,21-,22+,23-,24+,25+,26-,27-,28-,29+/m1/s1. The summed E-state index contributed by atoms with van der Waals surface area (Å²) in [6.45, 7) is 12.6. The van der Waals surface area contributed by atoms with E-state index < -0.39 is 0 Å². The van der Waals surface area contributed by atoms with Crippen molar-refractivity contribution in [1.29, 1.82) is 0 Å². The number of rotatable bonds is 6. The third kappa shape index (κ3) is 2.82. The number of ether oxygens (including phenoxy) is 1. The van der Waals surface area contributed by atoms with Gasteiger partial charge in [0, 0.05) is 12.5 Å². The molecule has 0 heterocycles. The maximum Gasteiger partial charge on any atom is 0.0638 e. The first-order valence-corrected chi connectivity index (χ1v) is 13.5. The van der Waals surface area contributed by atoms with Gasteiger partial charge in [-0.05, 0) is 116 Å². The Morgan fingerprint density at radius 2 is 1.80 bits per heavy atom. The second kappa shape index (κ2) is 7.36. The largest absolute Gasteiger partial charge is 0.381 e. The molecule has 0 amide bonds. The van der Waals surface area contributed by atoms with Crippen molar-refractivity contribution < 1.29 is 4.74 Å². The first-order valence-electron chi connectivity index (χ1n) is 13.5. The van der Waals surface area contributed by atoms with Gasteiger partial charge in [-0.1, -0.05) is 46.8 Å². The third-order valence-electron chi connectivity index (χ3n) is 11.9. The van der Waals surface area contributed by atoms with Crippen LogP contribution >= 0.6 is 0 Å². The molecule has 5 aliphatic carbocycles. The SMILES string of the molecule is CO[C@@H]1C[C@H]2[C@@H]3CC[C@H]([C@H](C)CC/C=C/C(C)C)[C@@]3(C)CC[C@@H]2[C@@]2(C)CC[C@@H]3C[C@]312. The van der Waals surface area contributed by atoms with Crippen molar-refractivity contribution in [3.8, 4) is 0 Å². The van der Waals surface area contributed by atoms with Crippen LogP contribution in [0.5, 0.6) is 0 Å². The average molecular weight is 413 g/mol. The highest BCUT2D eigenvalue weighted by Gasteiger charge is 2.77. The molecular formula is C29H48O. The van der Waals surface area contributed by atoms with Crippen molar-refractivity contribution in [3.05, 3.63) is 12.2 Å². The summed E-state index contributed by atoms with van der Waals surface area (Å²) in [5.74, 6) is 6.38. The fourth-order valence-electron chi connectivity index (χ4n) is 10.5. The molecule has 5 saturated carbocycles. The van der Waals surface area contributed by atoms with Crippen molar-refractivity contribution in [2.45, 2.75) is 105 Å². The van der Waals surface area contributed by atoms with E-state index in [-0.39, 0.29) is 0 Å². The summed E-state index contributed by atoms with van der Waals surface area (Å²) < 4.78 is 6.30. The maximum atomic E-state index is 6.30. The highest BCUT2D eigenvalue weighted by Crippen LogP contribution is 2.82. The molecule has 5 aliphatic rings. The van der Waals surface area contributed by atoms with Crippen LogP contribution in [0.15, 0.2) is 12.2 Å². The summed E-state index contributed by atoms with van der Waals surface area (Å²) in [5.41, 5.74) is 1.74. The molecule has 1 spiro atoms. The van der Waals surface area contributed by atoms with Gasteiger partial charge in [-0.3, -0.25) is 0 Å². The summed E-state index contributed by atoms with van der Waals surface area (Å²) >= 11 is 0. The molecule has 0 aromatic heterocycles. The third-order valence-corrected chi connectivity index (χ3v) is 11.9. The molecule has 0 radical (unpaired) electrons. The van der Waals surface area contributed by atoms with Crippen LogP contribution in [-0.4, -0.2) is 13.2 Å². The normalized spacial score (nSPS) is 52.8. The quantitative estimate of drug-likeness (QED) is 0.403. The van der Waals surface area contributed by atoms with Crippen LogP contribution in [0.4, 0.5) is 0 Å². The maximum absolute atomic E-state index is 6.30. The molecule has 0 aromatic carbocycles. The second-order valence-corrected chi connectivity index (χ2v) is 13.2. The van der Waals surface area contributed by atoms with Crippen LogP contribution in [0.25, 0.3) is 0 Å². The molecule has 1 nitrogen and oxygen atoms in total. The molecule has 0 bridgehead atoms. The van der Waals surface area contributed by atoms with E-state index in [4.69, 9.17) is 4.74 Å². The Hall–Kier alpha value is -0.300. The Bertz CT molecular complexity index is 680. The molecular weight excluding hydrogens is 364 g/mol. The van der Waals surface area contributed by atoms with Gasteiger partial charge in [0.25, 0.3) is 0 Å².